The topological polar surface area (TPSA) is 37.4 Å². The van der Waals surface area contributed by atoms with Gasteiger partial charge in [-0.05, 0) is 12.1 Å². The van der Waals surface area contributed by atoms with Gasteiger partial charge in [0.15, 0.2) is 0 Å². The first-order valence-corrected chi connectivity index (χ1v) is 5.38. The predicted octanol–water partition coefficient (Wildman–Crippen LogP) is -0.805. The van der Waals surface area contributed by atoms with Gasteiger partial charge >= 0.3 is 0 Å². The average Bonchev–Trinajstić information content (AvgIpc) is 2.04. The van der Waals surface area contributed by atoms with Crippen LogP contribution in [0.25, 0.3) is 0 Å². The molecule has 0 amide bonds. The van der Waals surface area contributed by atoms with Crippen LogP contribution in [0.1, 0.15) is 0 Å². The molecule has 0 aliphatic rings. The minimum absolute atomic E-state index is 0.336. The summed E-state index contributed by atoms with van der Waals surface area (Å²) in [6.45, 7) is 0. The molecule has 0 saturated heterocycles. The lowest BCUT2D eigenvalue weighted by Crippen LogP contribution is -2.22. The first kappa shape index (κ1) is 10.3. The zero-order valence-corrected chi connectivity index (χ0v) is 8.80. The van der Waals surface area contributed by atoms with E-state index < -0.39 is 10.0 Å². The van der Waals surface area contributed by atoms with E-state index in [9.17, 15) is 8.42 Å². The first-order valence-electron chi connectivity index (χ1n) is 3.94. The fourth-order valence-corrected chi connectivity index (χ4v) is 1.82. The van der Waals surface area contributed by atoms with Crippen LogP contribution < -0.4 is 5.46 Å². The van der Waals surface area contributed by atoms with Crippen LogP contribution in [0.5, 0.6) is 0 Å². The highest BCUT2D eigenvalue weighted by molar-refractivity contribution is 7.89. The molecule has 0 saturated carbocycles. The molecule has 0 heterocycles. The van der Waals surface area contributed by atoms with Crippen molar-refractivity contribution in [3.05, 3.63) is 24.3 Å². The molecule has 0 radical (unpaired) electrons. The average molecular weight is 197 g/mol. The zero-order chi connectivity index (χ0) is 10.1. The number of benzene rings is 1. The summed E-state index contributed by atoms with van der Waals surface area (Å²) in [6, 6.07) is 6.81. The minimum atomic E-state index is -3.26. The number of nitrogens with zero attached hydrogens (tertiary/aromatic N) is 1. The number of hydrogen-bond donors (Lipinski definition) is 0. The Kier molecular flexibility index (Phi) is 2.78. The second-order valence-corrected chi connectivity index (χ2v) is 5.25. The van der Waals surface area contributed by atoms with Gasteiger partial charge in [-0.2, -0.15) is 0 Å². The Morgan fingerprint density at radius 1 is 1.15 bits per heavy atom. The van der Waals surface area contributed by atoms with Crippen LogP contribution in [0.15, 0.2) is 29.2 Å². The van der Waals surface area contributed by atoms with Crippen LogP contribution in [0, 0.1) is 0 Å². The van der Waals surface area contributed by atoms with E-state index in [-0.39, 0.29) is 0 Å². The van der Waals surface area contributed by atoms with E-state index in [0.29, 0.717) is 4.90 Å². The number of rotatable bonds is 2. The molecular formula is C8H12BNO2S. The highest BCUT2D eigenvalue weighted by Gasteiger charge is 2.15. The Morgan fingerprint density at radius 3 is 2.00 bits per heavy atom. The van der Waals surface area contributed by atoms with Gasteiger partial charge in [0.05, 0.1) is 4.90 Å². The summed E-state index contributed by atoms with van der Waals surface area (Å²) in [4.78, 5) is 0.336. The summed E-state index contributed by atoms with van der Waals surface area (Å²) in [6.07, 6.45) is 0. The molecule has 0 aromatic heterocycles. The standard InChI is InChI=1S/C8H12BNO2S/c1-10(2)13(11,12)8-5-3-7(9)4-6-8/h3-6H,9H2,1-2H3. The maximum atomic E-state index is 11.6. The fourth-order valence-electron chi connectivity index (χ4n) is 0.921. The van der Waals surface area contributed by atoms with E-state index in [2.05, 4.69) is 0 Å². The van der Waals surface area contributed by atoms with E-state index in [4.69, 9.17) is 0 Å². The van der Waals surface area contributed by atoms with E-state index in [1.807, 2.05) is 7.85 Å². The van der Waals surface area contributed by atoms with E-state index in [1.165, 1.54) is 18.4 Å². The Hall–Kier alpha value is -0.805. The van der Waals surface area contributed by atoms with Crippen molar-refractivity contribution in [3.63, 3.8) is 0 Å². The van der Waals surface area contributed by atoms with Crippen LogP contribution in [0.4, 0.5) is 0 Å². The molecule has 0 N–H and O–H groups in total. The Bertz CT molecular complexity index is 383. The van der Waals surface area contributed by atoms with Crippen molar-refractivity contribution >= 4 is 23.3 Å². The SMILES string of the molecule is Bc1ccc(S(=O)(=O)N(C)C)cc1. The molecule has 5 heteroatoms. The van der Waals surface area contributed by atoms with Crippen molar-refractivity contribution in [1.29, 1.82) is 0 Å². The van der Waals surface area contributed by atoms with E-state index in [1.54, 1.807) is 24.3 Å². The molecule has 0 fully saturated rings. The monoisotopic (exact) mass is 197 g/mol. The van der Waals surface area contributed by atoms with Gasteiger partial charge in [-0.25, -0.2) is 12.7 Å². The van der Waals surface area contributed by atoms with Crippen molar-refractivity contribution in [3.8, 4) is 0 Å². The molecule has 70 valence electrons. The van der Waals surface area contributed by atoms with Crippen molar-refractivity contribution < 1.29 is 8.42 Å². The number of sulfonamides is 1. The molecule has 0 aliphatic carbocycles. The van der Waals surface area contributed by atoms with Crippen LogP contribution in [-0.2, 0) is 10.0 Å². The minimum Gasteiger partial charge on any atom is -0.207 e. The summed E-state index contributed by atoms with van der Waals surface area (Å²) in [7, 11) is 1.71. The second kappa shape index (κ2) is 3.51. The van der Waals surface area contributed by atoms with Crippen LogP contribution in [0.3, 0.4) is 0 Å². The molecule has 1 aromatic rings. The molecular weight excluding hydrogens is 185 g/mol. The molecule has 0 bridgehead atoms. The van der Waals surface area contributed by atoms with E-state index in [0.717, 1.165) is 5.46 Å². The quantitative estimate of drug-likeness (QED) is 0.582. The third-order valence-corrected chi connectivity index (χ3v) is 3.63. The van der Waals surface area contributed by atoms with Gasteiger partial charge < -0.3 is 0 Å². The second-order valence-electron chi connectivity index (χ2n) is 3.10. The predicted molar refractivity (Wildman–Crippen MR) is 55.5 cm³/mol. The van der Waals surface area contributed by atoms with Gasteiger partial charge in [0.1, 0.15) is 7.85 Å². The molecule has 0 aliphatic heterocycles. The van der Waals surface area contributed by atoms with Gasteiger partial charge in [0.25, 0.3) is 0 Å². The summed E-state index contributed by atoms with van der Waals surface area (Å²) >= 11 is 0. The molecule has 1 aromatic carbocycles. The maximum absolute atomic E-state index is 11.6. The molecule has 0 unspecified atom stereocenters. The Morgan fingerprint density at radius 2 is 1.62 bits per heavy atom. The fraction of sp³-hybridized carbons (Fsp3) is 0.250. The third kappa shape index (κ3) is 2.11. The highest BCUT2D eigenvalue weighted by atomic mass is 32.2. The molecule has 1 rings (SSSR count). The van der Waals surface area contributed by atoms with Crippen LogP contribution in [0.2, 0.25) is 0 Å². The lowest BCUT2D eigenvalue weighted by atomic mass is 9.97. The number of hydrogen-bond acceptors (Lipinski definition) is 2. The molecule has 13 heavy (non-hydrogen) atoms. The maximum Gasteiger partial charge on any atom is 0.242 e. The molecule has 0 atom stereocenters. The smallest absolute Gasteiger partial charge is 0.207 e. The Labute approximate surface area is 79.8 Å². The van der Waals surface area contributed by atoms with Gasteiger partial charge in [-0.1, -0.05) is 17.6 Å². The normalized spacial score (nSPS) is 11.9. The molecule has 0 spiro atoms. The van der Waals surface area contributed by atoms with Crippen molar-refractivity contribution in [2.45, 2.75) is 4.90 Å². The zero-order valence-electron chi connectivity index (χ0n) is 7.98. The highest BCUT2D eigenvalue weighted by Crippen LogP contribution is 2.10. The van der Waals surface area contributed by atoms with Crippen LogP contribution >= 0.6 is 0 Å². The van der Waals surface area contributed by atoms with Crippen molar-refractivity contribution in [2.75, 3.05) is 14.1 Å². The Balaban J connectivity index is 3.17. The summed E-state index contributed by atoms with van der Waals surface area (Å²) < 4.78 is 24.3. The van der Waals surface area contributed by atoms with E-state index >= 15 is 0 Å². The van der Waals surface area contributed by atoms with Gasteiger partial charge in [-0.3, -0.25) is 0 Å². The van der Waals surface area contributed by atoms with Gasteiger partial charge in [0.2, 0.25) is 10.0 Å². The lowest BCUT2D eigenvalue weighted by molar-refractivity contribution is 0.521. The van der Waals surface area contributed by atoms with Gasteiger partial charge in [-0.15, -0.1) is 0 Å². The summed E-state index contributed by atoms with van der Waals surface area (Å²) in [5.74, 6) is 0. The van der Waals surface area contributed by atoms with Crippen LogP contribution in [-0.4, -0.2) is 34.7 Å². The van der Waals surface area contributed by atoms with Gasteiger partial charge in [0, 0.05) is 14.1 Å². The third-order valence-electron chi connectivity index (χ3n) is 1.80. The van der Waals surface area contributed by atoms with Crippen molar-refractivity contribution in [2.24, 2.45) is 0 Å². The molecule has 3 nitrogen and oxygen atoms in total. The van der Waals surface area contributed by atoms with Crippen molar-refractivity contribution in [1.82, 2.24) is 4.31 Å². The first-order chi connectivity index (χ1) is 5.94. The summed E-state index contributed by atoms with van der Waals surface area (Å²) in [5.41, 5.74) is 1.05. The lowest BCUT2D eigenvalue weighted by Gasteiger charge is -2.10. The largest absolute Gasteiger partial charge is 0.242 e. The summed E-state index contributed by atoms with van der Waals surface area (Å²) in [5, 5.41) is 0.